The lowest BCUT2D eigenvalue weighted by atomic mass is 9.94. The van der Waals surface area contributed by atoms with Gasteiger partial charge in [-0.1, -0.05) is 18.2 Å². The Labute approximate surface area is 95.4 Å². The number of aliphatic hydroxyl groups excluding tert-OH is 1. The maximum absolute atomic E-state index is 9.88. The van der Waals surface area contributed by atoms with Crippen LogP contribution in [-0.4, -0.2) is 24.3 Å². The van der Waals surface area contributed by atoms with Gasteiger partial charge in [0, 0.05) is 18.0 Å². The molecule has 0 spiro atoms. The van der Waals surface area contributed by atoms with Gasteiger partial charge in [-0.15, -0.1) is 12.6 Å². The van der Waals surface area contributed by atoms with Crippen molar-refractivity contribution in [2.24, 2.45) is 0 Å². The highest BCUT2D eigenvalue weighted by molar-refractivity contribution is 7.80. The Morgan fingerprint density at radius 1 is 1.47 bits per heavy atom. The van der Waals surface area contributed by atoms with Crippen molar-refractivity contribution in [3.05, 3.63) is 35.4 Å². The van der Waals surface area contributed by atoms with Crippen molar-refractivity contribution in [1.82, 2.24) is 5.32 Å². The molecule has 0 aromatic heterocycles. The summed E-state index contributed by atoms with van der Waals surface area (Å²) in [5.41, 5.74) is 3.26. The first-order chi connectivity index (χ1) is 7.20. The molecule has 1 aliphatic heterocycles. The van der Waals surface area contributed by atoms with E-state index in [0.29, 0.717) is 6.54 Å². The van der Waals surface area contributed by atoms with E-state index in [-0.39, 0.29) is 0 Å². The van der Waals surface area contributed by atoms with Crippen LogP contribution in [0.5, 0.6) is 0 Å². The average Bonchev–Trinajstić information content (AvgIpc) is 2.23. The first kappa shape index (κ1) is 10.7. The summed E-state index contributed by atoms with van der Waals surface area (Å²) >= 11 is 4.39. The van der Waals surface area contributed by atoms with E-state index < -0.39 is 6.10 Å². The third kappa shape index (κ3) is 2.09. The van der Waals surface area contributed by atoms with Gasteiger partial charge in [-0.3, -0.25) is 0 Å². The first-order valence-electron chi connectivity index (χ1n) is 5.08. The van der Waals surface area contributed by atoms with E-state index in [2.05, 4.69) is 17.9 Å². The molecule has 1 aromatic carbocycles. The molecule has 0 fully saturated rings. The third-order valence-corrected chi connectivity index (χ3v) is 3.26. The standard InChI is InChI=1S/C12H15NOS/c1-8-9(3-2-4-12(8)15)10-5-6-13-7-11(10)14/h2-5,11,13-15H,6-7H2,1H3/t11-/m0/s1. The molecule has 1 heterocycles. The van der Waals surface area contributed by atoms with Crippen LogP contribution in [0.4, 0.5) is 0 Å². The Morgan fingerprint density at radius 2 is 2.27 bits per heavy atom. The quantitative estimate of drug-likeness (QED) is 0.630. The first-order valence-corrected chi connectivity index (χ1v) is 5.52. The Balaban J connectivity index is 2.44. The Hall–Kier alpha value is -0.770. The number of rotatable bonds is 1. The minimum atomic E-state index is -0.410. The molecular formula is C12H15NOS. The number of aliphatic hydroxyl groups is 1. The lowest BCUT2D eigenvalue weighted by Gasteiger charge is -2.22. The number of thiol groups is 1. The van der Waals surface area contributed by atoms with E-state index in [4.69, 9.17) is 0 Å². The van der Waals surface area contributed by atoms with Crippen LogP contribution in [0.3, 0.4) is 0 Å². The maximum atomic E-state index is 9.88. The van der Waals surface area contributed by atoms with Crippen LogP contribution in [0.25, 0.3) is 5.57 Å². The Kier molecular flexibility index (Phi) is 3.14. The maximum Gasteiger partial charge on any atom is 0.0917 e. The van der Waals surface area contributed by atoms with E-state index in [1.54, 1.807) is 0 Å². The molecule has 2 nitrogen and oxygen atoms in total. The lowest BCUT2D eigenvalue weighted by molar-refractivity contribution is 0.225. The highest BCUT2D eigenvalue weighted by Gasteiger charge is 2.17. The summed E-state index contributed by atoms with van der Waals surface area (Å²) in [6, 6.07) is 5.98. The molecule has 2 rings (SSSR count). The normalized spacial score (nSPS) is 21.3. The van der Waals surface area contributed by atoms with E-state index in [1.807, 2.05) is 31.2 Å². The molecular weight excluding hydrogens is 206 g/mol. The van der Waals surface area contributed by atoms with Crippen molar-refractivity contribution in [3.8, 4) is 0 Å². The predicted molar refractivity (Wildman–Crippen MR) is 65.3 cm³/mol. The number of hydrogen-bond acceptors (Lipinski definition) is 3. The van der Waals surface area contributed by atoms with E-state index in [0.717, 1.165) is 28.1 Å². The van der Waals surface area contributed by atoms with Gasteiger partial charge in [-0.2, -0.15) is 0 Å². The van der Waals surface area contributed by atoms with Crippen LogP contribution in [-0.2, 0) is 0 Å². The fourth-order valence-electron chi connectivity index (χ4n) is 1.87. The predicted octanol–water partition coefficient (Wildman–Crippen LogP) is 1.63. The second kappa shape index (κ2) is 4.39. The summed E-state index contributed by atoms with van der Waals surface area (Å²) in [6.07, 6.45) is 1.64. The molecule has 3 heteroatoms. The van der Waals surface area contributed by atoms with Crippen molar-refractivity contribution in [3.63, 3.8) is 0 Å². The molecule has 0 bridgehead atoms. The summed E-state index contributed by atoms with van der Waals surface area (Å²) in [6.45, 7) is 3.48. The van der Waals surface area contributed by atoms with Crippen LogP contribution in [0.2, 0.25) is 0 Å². The second-order valence-electron chi connectivity index (χ2n) is 3.78. The summed E-state index contributed by atoms with van der Waals surface area (Å²) in [4.78, 5) is 0.971. The number of benzene rings is 1. The molecule has 80 valence electrons. The molecule has 0 aliphatic carbocycles. The Bertz CT molecular complexity index is 401. The van der Waals surface area contributed by atoms with Crippen LogP contribution in [0, 0.1) is 6.92 Å². The molecule has 0 saturated heterocycles. The molecule has 1 atom stereocenters. The van der Waals surface area contributed by atoms with Crippen LogP contribution < -0.4 is 5.32 Å². The fourth-order valence-corrected chi connectivity index (χ4v) is 2.08. The largest absolute Gasteiger partial charge is 0.387 e. The monoisotopic (exact) mass is 221 g/mol. The Morgan fingerprint density at radius 3 is 3.00 bits per heavy atom. The second-order valence-corrected chi connectivity index (χ2v) is 4.27. The van der Waals surface area contributed by atoms with Gasteiger partial charge in [-0.25, -0.2) is 0 Å². The number of β-amino-alcohol motifs (C(OH)–C–C–N with tert-alkyl or cyclic N) is 1. The molecule has 1 aliphatic rings. The van der Waals surface area contributed by atoms with Crippen molar-refractivity contribution in [1.29, 1.82) is 0 Å². The van der Waals surface area contributed by atoms with Crippen molar-refractivity contribution in [2.75, 3.05) is 13.1 Å². The lowest BCUT2D eigenvalue weighted by Crippen LogP contribution is -2.32. The van der Waals surface area contributed by atoms with Crippen molar-refractivity contribution < 1.29 is 5.11 Å². The highest BCUT2D eigenvalue weighted by atomic mass is 32.1. The van der Waals surface area contributed by atoms with Gasteiger partial charge < -0.3 is 10.4 Å². The average molecular weight is 221 g/mol. The van der Waals surface area contributed by atoms with Gasteiger partial charge in [0.2, 0.25) is 0 Å². The third-order valence-electron chi connectivity index (χ3n) is 2.78. The summed E-state index contributed by atoms with van der Waals surface area (Å²) < 4.78 is 0. The number of nitrogens with one attached hydrogen (secondary N) is 1. The number of hydrogen-bond donors (Lipinski definition) is 3. The molecule has 0 amide bonds. The zero-order valence-electron chi connectivity index (χ0n) is 8.70. The summed E-state index contributed by atoms with van der Waals surface area (Å²) in [5.74, 6) is 0. The van der Waals surface area contributed by atoms with Gasteiger partial charge in [0.25, 0.3) is 0 Å². The minimum absolute atomic E-state index is 0.410. The van der Waals surface area contributed by atoms with Gasteiger partial charge in [0.15, 0.2) is 0 Å². The molecule has 0 unspecified atom stereocenters. The topological polar surface area (TPSA) is 32.3 Å². The fraction of sp³-hybridized carbons (Fsp3) is 0.333. The van der Waals surface area contributed by atoms with Gasteiger partial charge in [0.1, 0.15) is 0 Å². The van der Waals surface area contributed by atoms with Crippen LogP contribution in [0.15, 0.2) is 29.2 Å². The van der Waals surface area contributed by atoms with Gasteiger partial charge in [-0.05, 0) is 29.7 Å². The van der Waals surface area contributed by atoms with Crippen LogP contribution >= 0.6 is 12.6 Å². The minimum Gasteiger partial charge on any atom is -0.387 e. The van der Waals surface area contributed by atoms with Gasteiger partial charge in [0.05, 0.1) is 6.10 Å². The van der Waals surface area contributed by atoms with Crippen LogP contribution in [0.1, 0.15) is 11.1 Å². The van der Waals surface area contributed by atoms with Crippen molar-refractivity contribution >= 4 is 18.2 Å². The van der Waals surface area contributed by atoms with E-state index in [9.17, 15) is 5.11 Å². The zero-order chi connectivity index (χ0) is 10.8. The summed E-state index contributed by atoms with van der Waals surface area (Å²) in [7, 11) is 0. The van der Waals surface area contributed by atoms with Gasteiger partial charge >= 0.3 is 0 Å². The molecule has 2 N–H and O–H groups in total. The molecule has 0 saturated carbocycles. The zero-order valence-corrected chi connectivity index (χ0v) is 9.59. The van der Waals surface area contributed by atoms with E-state index >= 15 is 0 Å². The highest BCUT2D eigenvalue weighted by Crippen LogP contribution is 2.26. The smallest absolute Gasteiger partial charge is 0.0917 e. The molecule has 15 heavy (non-hydrogen) atoms. The SMILES string of the molecule is Cc1c(S)cccc1C1=CCNC[C@@H]1O. The van der Waals surface area contributed by atoms with E-state index in [1.165, 1.54) is 0 Å². The summed E-state index contributed by atoms with van der Waals surface area (Å²) in [5, 5.41) is 13.0. The van der Waals surface area contributed by atoms with Crippen molar-refractivity contribution in [2.45, 2.75) is 17.9 Å². The molecule has 0 radical (unpaired) electrons. The molecule has 1 aromatic rings.